The van der Waals surface area contributed by atoms with Crippen LogP contribution in [0.5, 0.6) is 0 Å². The molecule has 0 aliphatic carbocycles. The average molecular weight is 326 g/mol. The van der Waals surface area contributed by atoms with Crippen LogP contribution in [0.1, 0.15) is 23.7 Å². The van der Waals surface area contributed by atoms with Crippen molar-refractivity contribution in [2.24, 2.45) is 0 Å². The highest BCUT2D eigenvalue weighted by Gasteiger charge is 2.32. The van der Waals surface area contributed by atoms with Gasteiger partial charge >= 0.3 is 12.1 Å². The second kappa shape index (κ2) is 5.88. The van der Waals surface area contributed by atoms with Crippen LogP contribution in [0.4, 0.5) is 13.2 Å². The molecule has 1 N–H and O–H groups in total. The van der Waals surface area contributed by atoms with Crippen molar-refractivity contribution in [3.05, 3.63) is 35.0 Å². The summed E-state index contributed by atoms with van der Waals surface area (Å²) in [5, 5.41) is 3.72. The molecule has 0 atom stereocenters. The molecule has 0 fully saturated rings. The topological polar surface area (TPSA) is 43.3 Å². The molecular weight excluding hydrogens is 309 g/mol. The molecule has 1 aromatic carbocycles. The Morgan fingerprint density at radius 1 is 1.39 bits per heavy atom. The van der Waals surface area contributed by atoms with Crippen molar-refractivity contribution < 1.29 is 22.7 Å². The highest BCUT2D eigenvalue weighted by molar-refractivity contribution is 5.88. The third kappa shape index (κ3) is 2.93. The van der Waals surface area contributed by atoms with Crippen molar-refractivity contribution in [3.63, 3.8) is 0 Å². The van der Waals surface area contributed by atoms with Gasteiger partial charge in [0.1, 0.15) is 6.54 Å². The molecule has 0 unspecified atom stereocenters. The first-order chi connectivity index (χ1) is 10.9. The van der Waals surface area contributed by atoms with E-state index in [9.17, 15) is 18.0 Å². The molecule has 1 aromatic heterocycles. The zero-order valence-corrected chi connectivity index (χ0v) is 12.7. The number of nitrogens with one attached hydrogen (secondary N) is 1. The molecule has 1 aliphatic heterocycles. The van der Waals surface area contributed by atoms with E-state index in [1.807, 2.05) is 0 Å². The van der Waals surface area contributed by atoms with E-state index in [0.29, 0.717) is 23.9 Å². The summed E-state index contributed by atoms with van der Waals surface area (Å²) in [5.74, 6) is -0.384. The van der Waals surface area contributed by atoms with Gasteiger partial charge in [-0.05, 0) is 30.7 Å². The molecule has 4 nitrogen and oxygen atoms in total. The number of nitrogens with zero attached hydrogens (tertiary/aromatic N) is 1. The number of ether oxygens (including phenoxy) is 1. The molecule has 3 rings (SSSR count). The maximum Gasteiger partial charge on any atom is 0.416 e. The molecule has 7 heteroatoms. The van der Waals surface area contributed by atoms with Crippen LogP contribution in [-0.2, 0) is 35.2 Å². The number of rotatable bonds is 3. The fourth-order valence-corrected chi connectivity index (χ4v) is 3.07. The predicted molar refractivity (Wildman–Crippen MR) is 79.0 cm³/mol. The van der Waals surface area contributed by atoms with Gasteiger partial charge in [0.05, 0.1) is 12.2 Å². The van der Waals surface area contributed by atoms with Crippen molar-refractivity contribution in [3.8, 4) is 0 Å². The van der Waals surface area contributed by atoms with Gasteiger partial charge in [0, 0.05) is 36.1 Å². The SMILES string of the molecule is CCOC(=O)Cn1c2c(c3cc(C(F)(F)F)ccc31)CNCC2. The minimum Gasteiger partial charge on any atom is -0.465 e. The fourth-order valence-electron chi connectivity index (χ4n) is 3.07. The van der Waals surface area contributed by atoms with E-state index in [-0.39, 0.29) is 19.1 Å². The maximum absolute atomic E-state index is 13.0. The average Bonchev–Trinajstić information content (AvgIpc) is 2.81. The van der Waals surface area contributed by atoms with Gasteiger partial charge in [-0.25, -0.2) is 0 Å². The number of fused-ring (bicyclic) bond motifs is 3. The first kappa shape index (κ1) is 15.9. The summed E-state index contributed by atoms with van der Waals surface area (Å²) < 4.78 is 45.7. The van der Waals surface area contributed by atoms with Gasteiger partial charge < -0.3 is 14.6 Å². The molecule has 1 aliphatic rings. The van der Waals surface area contributed by atoms with Crippen molar-refractivity contribution in [2.75, 3.05) is 13.2 Å². The molecule has 0 radical (unpaired) electrons. The summed E-state index contributed by atoms with van der Waals surface area (Å²) in [6.07, 6.45) is -3.71. The highest BCUT2D eigenvalue weighted by Crippen LogP contribution is 2.35. The Morgan fingerprint density at radius 2 is 2.17 bits per heavy atom. The van der Waals surface area contributed by atoms with Crippen molar-refractivity contribution in [1.82, 2.24) is 9.88 Å². The summed E-state index contributed by atoms with van der Waals surface area (Å²) in [5.41, 5.74) is 1.71. The number of hydrogen-bond donors (Lipinski definition) is 1. The van der Waals surface area contributed by atoms with Crippen molar-refractivity contribution >= 4 is 16.9 Å². The summed E-state index contributed by atoms with van der Waals surface area (Å²) in [6, 6.07) is 3.67. The number of esters is 1. The fraction of sp³-hybridized carbons (Fsp3) is 0.438. The lowest BCUT2D eigenvalue weighted by molar-refractivity contribution is -0.143. The van der Waals surface area contributed by atoms with E-state index < -0.39 is 11.7 Å². The molecule has 0 saturated carbocycles. The summed E-state index contributed by atoms with van der Waals surface area (Å²) >= 11 is 0. The lowest BCUT2D eigenvalue weighted by Crippen LogP contribution is -2.25. The van der Waals surface area contributed by atoms with Crippen LogP contribution in [0.3, 0.4) is 0 Å². The van der Waals surface area contributed by atoms with Gasteiger partial charge in [0.2, 0.25) is 0 Å². The predicted octanol–water partition coefficient (Wildman–Crippen LogP) is 2.87. The van der Waals surface area contributed by atoms with Crippen LogP contribution in [0.15, 0.2) is 18.2 Å². The summed E-state index contributed by atoms with van der Waals surface area (Å²) in [4.78, 5) is 11.8. The van der Waals surface area contributed by atoms with Crippen LogP contribution in [0.25, 0.3) is 10.9 Å². The number of aromatic nitrogens is 1. The third-order valence-corrected chi connectivity index (χ3v) is 4.05. The zero-order chi connectivity index (χ0) is 16.6. The lowest BCUT2D eigenvalue weighted by atomic mass is 10.0. The van der Waals surface area contributed by atoms with E-state index in [4.69, 9.17) is 4.74 Å². The van der Waals surface area contributed by atoms with Crippen molar-refractivity contribution in [1.29, 1.82) is 0 Å². The minimum absolute atomic E-state index is 0.0189. The van der Waals surface area contributed by atoms with Crippen LogP contribution in [0.2, 0.25) is 0 Å². The van der Waals surface area contributed by atoms with Crippen LogP contribution >= 0.6 is 0 Å². The summed E-state index contributed by atoms with van der Waals surface area (Å²) in [6.45, 7) is 3.26. The van der Waals surface area contributed by atoms with E-state index in [2.05, 4.69) is 5.32 Å². The molecule has 23 heavy (non-hydrogen) atoms. The largest absolute Gasteiger partial charge is 0.465 e. The van der Waals surface area contributed by atoms with E-state index >= 15 is 0 Å². The zero-order valence-electron chi connectivity index (χ0n) is 12.7. The van der Waals surface area contributed by atoms with E-state index in [1.54, 1.807) is 11.5 Å². The first-order valence-corrected chi connectivity index (χ1v) is 7.49. The second-order valence-electron chi connectivity index (χ2n) is 5.47. The van der Waals surface area contributed by atoms with Crippen LogP contribution in [-0.4, -0.2) is 23.7 Å². The Morgan fingerprint density at radius 3 is 2.87 bits per heavy atom. The molecule has 0 amide bonds. The van der Waals surface area contributed by atoms with Crippen LogP contribution < -0.4 is 5.32 Å². The molecule has 0 spiro atoms. The molecule has 2 aromatic rings. The maximum atomic E-state index is 13.0. The first-order valence-electron chi connectivity index (χ1n) is 7.49. The Hall–Kier alpha value is -2.02. The van der Waals surface area contributed by atoms with Gasteiger partial charge in [0.15, 0.2) is 0 Å². The van der Waals surface area contributed by atoms with Gasteiger partial charge in [-0.15, -0.1) is 0 Å². The third-order valence-electron chi connectivity index (χ3n) is 4.05. The monoisotopic (exact) mass is 326 g/mol. The van der Waals surface area contributed by atoms with Gasteiger partial charge in [-0.3, -0.25) is 4.79 Å². The molecule has 0 saturated heterocycles. The Labute approximate surface area is 131 Å². The smallest absolute Gasteiger partial charge is 0.416 e. The molecule has 124 valence electrons. The van der Waals surface area contributed by atoms with Gasteiger partial charge in [-0.2, -0.15) is 13.2 Å². The number of benzene rings is 1. The van der Waals surface area contributed by atoms with Crippen LogP contribution in [0, 0.1) is 0 Å². The molecule has 0 bridgehead atoms. The number of hydrogen-bond acceptors (Lipinski definition) is 3. The number of carbonyl (C=O) groups is 1. The number of carbonyl (C=O) groups excluding carboxylic acids is 1. The van der Waals surface area contributed by atoms with E-state index in [0.717, 1.165) is 23.9 Å². The Balaban J connectivity index is 2.14. The number of alkyl halides is 3. The minimum atomic E-state index is -4.38. The lowest BCUT2D eigenvalue weighted by Gasteiger charge is -2.16. The molecular formula is C16H17F3N2O2. The Bertz CT molecular complexity index is 750. The standard InChI is InChI=1S/C16H17F3N2O2/c1-2-23-15(22)9-21-13-4-3-10(16(17,18)19)7-11(13)12-8-20-6-5-14(12)21/h3-4,7,20H,2,5-6,8-9H2,1H3. The normalized spacial score (nSPS) is 14.8. The van der Waals surface area contributed by atoms with Gasteiger partial charge in [0.25, 0.3) is 0 Å². The van der Waals surface area contributed by atoms with E-state index in [1.165, 1.54) is 12.1 Å². The second-order valence-corrected chi connectivity index (χ2v) is 5.47. The quantitative estimate of drug-likeness (QED) is 0.882. The number of halogens is 3. The molecule has 2 heterocycles. The van der Waals surface area contributed by atoms with Crippen molar-refractivity contribution in [2.45, 2.75) is 32.6 Å². The highest BCUT2D eigenvalue weighted by atomic mass is 19.4. The Kier molecular flexibility index (Phi) is 4.06. The van der Waals surface area contributed by atoms with Gasteiger partial charge in [-0.1, -0.05) is 0 Å². The summed E-state index contributed by atoms with van der Waals surface area (Å²) in [7, 11) is 0.